The molecular formula is C8H6FIO3. The van der Waals surface area contributed by atoms with Crippen LogP contribution in [0, 0.1) is 9.39 Å². The molecule has 0 saturated heterocycles. The molecule has 0 spiro atoms. The predicted molar refractivity (Wildman–Crippen MR) is 51.7 cm³/mol. The van der Waals surface area contributed by atoms with E-state index in [-0.39, 0.29) is 5.56 Å². The fourth-order valence-electron chi connectivity index (χ4n) is 0.876. The zero-order valence-electron chi connectivity index (χ0n) is 6.37. The molecule has 1 aromatic rings. The molecular weight excluding hydrogens is 290 g/mol. The van der Waals surface area contributed by atoms with E-state index < -0.39 is 17.9 Å². The van der Waals surface area contributed by atoms with Gasteiger partial charge in [0.05, 0.1) is 0 Å². The third kappa shape index (κ3) is 2.63. The van der Waals surface area contributed by atoms with E-state index in [1.807, 2.05) is 22.6 Å². The Labute approximate surface area is 87.3 Å². The Kier molecular flexibility index (Phi) is 3.21. The molecule has 70 valence electrons. The number of carbonyl (C=O) groups is 1. The lowest BCUT2D eigenvalue weighted by atomic mass is 10.1. The maximum absolute atomic E-state index is 12.7. The van der Waals surface area contributed by atoms with Crippen molar-refractivity contribution in [2.75, 3.05) is 0 Å². The van der Waals surface area contributed by atoms with Gasteiger partial charge in [0, 0.05) is 3.57 Å². The molecule has 0 aromatic heterocycles. The summed E-state index contributed by atoms with van der Waals surface area (Å²) in [5.74, 6) is -1.94. The molecule has 0 heterocycles. The van der Waals surface area contributed by atoms with Crippen LogP contribution in [0.4, 0.5) is 4.39 Å². The highest BCUT2D eigenvalue weighted by Crippen LogP contribution is 2.18. The standard InChI is InChI=1S/C8H6FIO3/c9-5-1-4(2-6(10)3-5)7(11)8(12)13/h1-3,7,11H,(H,12,13). The molecule has 0 fully saturated rings. The summed E-state index contributed by atoms with van der Waals surface area (Å²) in [6, 6.07) is 3.67. The summed E-state index contributed by atoms with van der Waals surface area (Å²) in [5.41, 5.74) is 0.0527. The minimum absolute atomic E-state index is 0.0527. The molecule has 1 rings (SSSR count). The van der Waals surface area contributed by atoms with Gasteiger partial charge in [-0.15, -0.1) is 0 Å². The van der Waals surface area contributed by atoms with Crippen molar-refractivity contribution in [2.24, 2.45) is 0 Å². The van der Waals surface area contributed by atoms with Crippen molar-refractivity contribution >= 4 is 28.6 Å². The predicted octanol–water partition coefficient (Wildman–Crippen LogP) is 1.55. The van der Waals surface area contributed by atoms with Gasteiger partial charge in [-0.1, -0.05) is 0 Å². The lowest BCUT2D eigenvalue weighted by Crippen LogP contribution is -2.10. The van der Waals surface area contributed by atoms with Crippen LogP contribution in [-0.4, -0.2) is 16.2 Å². The minimum Gasteiger partial charge on any atom is -0.479 e. The number of halogens is 2. The van der Waals surface area contributed by atoms with E-state index in [0.29, 0.717) is 3.57 Å². The molecule has 5 heteroatoms. The summed E-state index contributed by atoms with van der Waals surface area (Å²) in [6.45, 7) is 0. The van der Waals surface area contributed by atoms with Crippen molar-refractivity contribution in [2.45, 2.75) is 6.10 Å². The Hall–Kier alpha value is -0.690. The number of hydrogen-bond donors (Lipinski definition) is 2. The Morgan fingerprint density at radius 2 is 2.08 bits per heavy atom. The third-order valence-corrected chi connectivity index (χ3v) is 2.06. The molecule has 0 aliphatic rings. The number of carboxylic acids is 1. The van der Waals surface area contributed by atoms with Crippen LogP contribution in [0.2, 0.25) is 0 Å². The first-order valence-corrected chi connectivity index (χ1v) is 4.45. The number of carboxylic acid groups (broad SMARTS) is 1. The monoisotopic (exact) mass is 296 g/mol. The SMILES string of the molecule is O=C(O)C(O)c1cc(F)cc(I)c1. The van der Waals surface area contributed by atoms with Gasteiger partial charge < -0.3 is 10.2 Å². The van der Waals surface area contributed by atoms with Crippen LogP contribution in [0.15, 0.2) is 18.2 Å². The van der Waals surface area contributed by atoms with Gasteiger partial charge in [-0.3, -0.25) is 0 Å². The van der Waals surface area contributed by atoms with Crippen molar-refractivity contribution in [3.63, 3.8) is 0 Å². The van der Waals surface area contributed by atoms with Crippen molar-refractivity contribution in [1.82, 2.24) is 0 Å². The van der Waals surface area contributed by atoms with Gasteiger partial charge in [0.25, 0.3) is 0 Å². The highest BCUT2D eigenvalue weighted by molar-refractivity contribution is 14.1. The Morgan fingerprint density at radius 3 is 2.54 bits per heavy atom. The Bertz CT molecular complexity index is 320. The molecule has 0 saturated carbocycles. The minimum atomic E-state index is -1.66. The topological polar surface area (TPSA) is 57.5 Å². The molecule has 1 unspecified atom stereocenters. The molecule has 0 aliphatic carbocycles. The van der Waals surface area contributed by atoms with Crippen molar-refractivity contribution in [3.8, 4) is 0 Å². The zero-order valence-corrected chi connectivity index (χ0v) is 8.53. The van der Waals surface area contributed by atoms with Gasteiger partial charge >= 0.3 is 5.97 Å². The molecule has 0 amide bonds. The first kappa shape index (κ1) is 10.4. The van der Waals surface area contributed by atoms with Crippen LogP contribution in [-0.2, 0) is 4.79 Å². The first-order valence-electron chi connectivity index (χ1n) is 3.37. The van der Waals surface area contributed by atoms with Crippen molar-refractivity contribution < 1.29 is 19.4 Å². The van der Waals surface area contributed by atoms with Crippen LogP contribution in [0.3, 0.4) is 0 Å². The number of hydrogen-bond acceptors (Lipinski definition) is 2. The number of aliphatic hydroxyl groups is 1. The van der Waals surface area contributed by atoms with Crippen LogP contribution < -0.4 is 0 Å². The van der Waals surface area contributed by atoms with Gasteiger partial charge in [0.1, 0.15) is 5.82 Å². The van der Waals surface area contributed by atoms with Gasteiger partial charge in [-0.25, -0.2) is 9.18 Å². The molecule has 0 radical (unpaired) electrons. The van der Waals surface area contributed by atoms with Crippen LogP contribution in [0.5, 0.6) is 0 Å². The average Bonchev–Trinajstić information content (AvgIpc) is 2.01. The molecule has 3 nitrogen and oxygen atoms in total. The first-order chi connectivity index (χ1) is 6.00. The second kappa shape index (κ2) is 4.01. The van der Waals surface area contributed by atoms with E-state index >= 15 is 0 Å². The quantitative estimate of drug-likeness (QED) is 0.814. The number of aliphatic hydroxyl groups excluding tert-OH is 1. The van der Waals surface area contributed by atoms with Gasteiger partial charge in [0.15, 0.2) is 6.10 Å². The molecule has 0 aliphatic heterocycles. The van der Waals surface area contributed by atoms with E-state index in [2.05, 4.69) is 0 Å². The zero-order chi connectivity index (χ0) is 10.0. The maximum atomic E-state index is 12.7. The van der Waals surface area contributed by atoms with Gasteiger partial charge in [0.2, 0.25) is 0 Å². The summed E-state index contributed by atoms with van der Waals surface area (Å²) >= 11 is 1.84. The second-order valence-electron chi connectivity index (χ2n) is 2.44. The number of benzene rings is 1. The average molecular weight is 296 g/mol. The number of rotatable bonds is 2. The Balaban J connectivity index is 3.07. The highest BCUT2D eigenvalue weighted by atomic mass is 127. The Morgan fingerprint density at radius 1 is 1.46 bits per heavy atom. The molecule has 1 atom stereocenters. The van der Waals surface area contributed by atoms with Crippen LogP contribution >= 0.6 is 22.6 Å². The summed E-state index contributed by atoms with van der Waals surface area (Å²) in [4.78, 5) is 10.3. The van der Waals surface area contributed by atoms with Crippen molar-refractivity contribution in [1.29, 1.82) is 0 Å². The summed E-state index contributed by atoms with van der Waals surface area (Å²) in [7, 11) is 0. The van der Waals surface area contributed by atoms with E-state index in [0.717, 1.165) is 6.07 Å². The van der Waals surface area contributed by atoms with E-state index in [1.165, 1.54) is 12.1 Å². The second-order valence-corrected chi connectivity index (χ2v) is 3.69. The normalized spacial score (nSPS) is 12.5. The van der Waals surface area contributed by atoms with Crippen molar-refractivity contribution in [3.05, 3.63) is 33.1 Å². The lowest BCUT2D eigenvalue weighted by Gasteiger charge is -2.05. The largest absolute Gasteiger partial charge is 0.479 e. The fourth-order valence-corrected chi connectivity index (χ4v) is 1.53. The van der Waals surface area contributed by atoms with E-state index in [9.17, 15) is 9.18 Å². The van der Waals surface area contributed by atoms with E-state index in [1.54, 1.807) is 0 Å². The van der Waals surface area contributed by atoms with Crippen LogP contribution in [0.25, 0.3) is 0 Å². The number of aliphatic carboxylic acids is 1. The lowest BCUT2D eigenvalue weighted by molar-refractivity contribution is -0.146. The summed E-state index contributed by atoms with van der Waals surface area (Å²) in [6.07, 6.45) is -1.66. The van der Waals surface area contributed by atoms with E-state index in [4.69, 9.17) is 10.2 Å². The fraction of sp³-hybridized carbons (Fsp3) is 0.125. The van der Waals surface area contributed by atoms with Gasteiger partial charge in [-0.2, -0.15) is 0 Å². The molecule has 13 heavy (non-hydrogen) atoms. The maximum Gasteiger partial charge on any atom is 0.337 e. The molecule has 0 bridgehead atoms. The van der Waals surface area contributed by atoms with Crippen LogP contribution in [0.1, 0.15) is 11.7 Å². The summed E-state index contributed by atoms with van der Waals surface area (Å²) < 4.78 is 13.3. The van der Waals surface area contributed by atoms with Gasteiger partial charge in [-0.05, 0) is 46.4 Å². The molecule has 2 N–H and O–H groups in total. The smallest absolute Gasteiger partial charge is 0.337 e. The summed E-state index contributed by atoms with van der Waals surface area (Å²) in [5, 5.41) is 17.5. The third-order valence-electron chi connectivity index (χ3n) is 1.43. The highest BCUT2D eigenvalue weighted by Gasteiger charge is 2.16. The molecule has 1 aromatic carbocycles.